The number of hydrogen-bond acceptors (Lipinski definition) is 8. The number of aliphatic hydroxyl groups excluding tert-OH is 4. The van der Waals surface area contributed by atoms with Crippen molar-refractivity contribution in [2.24, 2.45) is 0 Å². The summed E-state index contributed by atoms with van der Waals surface area (Å²) in [6.07, 6.45) is -4.61. The summed E-state index contributed by atoms with van der Waals surface area (Å²) in [5.74, 6) is 0.182. The van der Waals surface area contributed by atoms with Gasteiger partial charge in [-0.25, -0.2) is 4.79 Å². The Morgan fingerprint density at radius 2 is 1.55 bits per heavy atom. The number of hydrogen-bond donors (Lipinski definition) is 6. The van der Waals surface area contributed by atoms with E-state index in [9.17, 15) is 24.9 Å². The minimum Gasteiger partial charge on any atom is -0.394 e. The van der Waals surface area contributed by atoms with Crippen LogP contribution in [0.5, 0.6) is 0 Å². The van der Waals surface area contributed by atoms with Gasteiger partial charge in [-0.2, -0.15) is 0 Å². The lowest BCUT2D eigenvalue weighted by atomic mass is 10.0. The van der Waals surface area contributed by atoms with E-state index < -0.39 is 36.2 Å². The first-order valence-electron chi connectivity index (χ1n) is 9.37. The van der Waals surface area contributed by atoms with E-state index in [2.05, 4.69) is 9.97 Å². The summed E-state index contributed by atoms with van der Waals surface area (Å²) in [5.41, 5.74) is 2.25. The largest absolute Gasteiger partial charge is 0.394 e. The van der Waals surface area contributed by atoms with Crippen molar-refractivity contribution in [1.29, 1.82) is 0 Å². The summed E-state index contributed by atoms with van der Waals surface area (Å²) in [7, 11) is 0. The second-order valence-corrected chi connectivity index (χ2v) is 7.19. The Kier molecular flexibility index (Phi) is 5.80. The van der Waals surface area contributed by atoms with Crippen molar-refractivity contribution in [3.63, 3.8) is 0 Å². The van der Waals surface area contributed by atoms with Gasteiger partial charge in [0.05, 0.1) is 24.5 Å². The second-order valence-electron chi connectivity index (χ2n) is 7.19. The molecule has 0 fully saturated rings. The van der Waals surface area contributed by atoms with Gasteiger partial charge in [-0.05, 0) is 44.0 Å². The summed E-state index contributed by atoms with van der Waals surface area (Å²) in [6, 6.07) is 3.79. The van der Waals surface area contributed by atoms with Gasteiger partial charge < -0.3 is 30.2 Å². The number of aromatic amines is 2. The summed E-state index contributed by atoms with van der Waals surface area (Å²) < 4.78 is 0. The molecule has 1 aromatic carbocycles. The van der Waals surface area contributed by atoms with Crippen molar-refractivity contribution in [2.75, 3.05) is 29.5 Å². The van der Waals surface area contributed by atoms with Crippen LogP contribution in [0.15, 0.2) is 21.7 Å². The molecule has 1 aromatic heterocycles. The molecule has 2 heterocycles. The van der Waals surface area contributed by atoms with Crippen LogP contribution in [0.4, 0.5) is 22.9 Å². The van der Waals surface area contributed by atoms with E-state index >= 15 is 0 Å². The van der Waals surface area contributed by atoms with Gasteiger partial charge in [0.25, 0.3) is 5.56 Å². The number of aliphatic hydroxyl groups is 4. The highest BCUT2D eigenvalue weighted by Gasteiger charge is 2.35. The van der Waals surface area contributed by atoms with Crippen molar-refractivity contribution in [1.82, 2.24) is 9.97 Å². The van der Waals surface area contributed by atoms with E-state index in [1.807, 2.05) is 32.9 Å². The van der Waals surface area contributed by atoms with Crippen LogP contribution in [-0.4, -0.2) is 68.4 Å². The van der Waals surface area contributed by atoms with Gasteiger partial charge in [0.1, 0.15) is 29.8 Å². The summed E-state index contributed by atoms with van der Waals surface area (Å²) in [5, 5.41) is 39.2. The molecule has 1 aliphatic rings. The number of β-amino-alcohol motifs (C(OH)–C–C–N with tert-alkyl or cyclic N) is 1. The smallest absolute Gasteiger partial charge is 0.327 e. The number of benzene rings is 1. The van der Waals surface area contributed by atoms with E-state index in [1.165, 1.54) is 4.90 Å². The van der Waals surface area contributed by atoms with E-state index in [-0.39, 0.29) is 18.1 Å². The van der Waals surface area contributed by atoms with Crippen LogP contribution in [0.25, 0.3) is 0 Å². The molecule has 0 unspecified atom stereocenters. The number of rotatable bonds is 6. The van der Waals surface area contributed by atoms with Crippen LogP contribution in [0, 0.1) is 13.8 Å². The topological polar surface area (TPSA) is 153 Å². The Labute approximate surface area is 166 Å². The Morgan fingerprint density at radius 1 is 0.966 bits per heavy atom. The number of aromatic nitrogens is 2. The highest BCUT2D eigenvalue weighted by atomic mass is 16.4. The highest BCUT2D eigenvalue weighted by Crippen LogP contribution is 2.45. The maximum Gasteiger partial charge on any atom is 0.327 e. The van der Waals surface area contributed by atoms with Crippen molar-refractivity contribution in [2.45, 2.75) is 39.1 Å². The molecule has 0 aliphatic carbocycles. The Hall–Kier alpha value is -2.66. The van der Waals surface area contributed by atoms with Gasteiger partial charge in [0.15, 0.2) is 0 Å². The minimum absolute atomic E-state index is 0.182. The zero-order chi connectivity index (χ0) is 21.5. The lowest BCUT2D eigenvalue weighted by Crippen LogP contribution is -2.47. The number of anilines is 4. The molecule has 0 saturated heterocycles. The average Bonchev–Trinajstić information content (AvgIpc) is 2.68. The molecule has 0 radical (unpaired) electrons. The standard InChI is InChI=1S/C19H26N4O6/c1-4-22-11-5-9(2)10(3)6-12(11)23(7-13(25)16(27)14(26)8-24)17-15(22)18(28)21-19(29)20-17/h5-6,13-14,16,24-27H,4,7-8H2,1-3H3,(H2,20,21,28,29)/t13-,14+,16-/m1/s1. The first-order valence-corrected chi connectivity index (χ1v) is 9.37. The van der Waals surface area contributed by atoms with Crippen LogP contribution in [0.2, 0.25) is 0 Å². The Balaban J connectivity index is 2.20. The van der Waals surface area contributed by atoms with Gasteiger partial charge in [0.2, 0.25) is 0 Å². The predicted molar refractivity (Wildman–Crippen MR) is 108 cm³/mol. The number of H-pyrrole nitrogens is 2. The number of fused-ring (bicyclic) bond motifs is 2. The third kappa shape index (κ3) is 3.67. The average molecular weight is 406 g/mol. The summed E-state index contributed by atoms with van der Waals surface area (Å²) >= 11 is 0. The number of nitrogens with one attached hydrogen (secondary N) is 2. The molecule has 158 valence electrons. The Morgan fingerprint density at radius 3 is 2.10 bits per heavy atom. The minimum atomic E-state index is -1.61. The second kappa shape index (κ2) is 7.99. The zero-order valence-corrected chi connectivity index (χ0v) is 16.5. The first-order chi connectivity index (χ1) is 13.7. The third-order valence-corrected chi connectivity index (χ3v) is 5.27. The molecular formula is C19H26N4O6. The van der Waals surface area contributed by atoms with Crippen molar-refractivity contribution < 1.29 is 20.4 Å². The van der Waals surface area contributed by atoms with Crippen molar-refractivity contribution in [3.05, 3.63) is 44.1 Å². The SMILES string of the molecule is CCN1c2cc(C)c(C)cc2N(C[C@@H](O)[C@@H](O)[C@@H](O)CO)c2[nH]c(=O)[nH]c(=O)c21. The van der Waals surface area contributed by atoms with Crippen molar-refractivity contribution >= 4 is 22.9 Å². The lowest BCUT2D eigenvalue weighted by Gasteiger charge is -2.40. The van der Waals surface area contributed by atoms with Crippen LogP contribution >= 0.6 is 0 Å². The molecule has 10 nitrogen and oxygen atoms in total. The molecule has 0 amide bonds. The van der Waals surface area contributed by atoms with Gasteiger partial charge >= 0.3 is 5.69 Å². The van der Waals surface area contributed by atoms with E-state index in [4.69, 9.17) is 5.11 Å². The fourth-order valence-electron chi connectivity index (χ4n) is 3.55. The van der Waals surface area contributed by atoms with Crippen LogP contribution in [-0.2, 0) is 0 Å². The fraction of sp³-hybridized carbons (Fsp3) is 0.474. The predicted octanol–water partition coefficient (Wildman–Crippen LogP) is -0.635. The molecule has 3 rings (SSSR count). The van der Waals surface area contributed by atoms with E-state index in [0.29, 0.717) is 17.9 Å². The van der Waals surface area contributed by atoms with Crippen LogP contribution in [0.3, 0.4) is 0 Å². The first kappa shape index (κ1) is 21.1. The maximum absolute atomic E-state index is 12.6. The molecular weight excluding hydrogens is 380 g/mol. The molecule has 0 spiro atoms. The molecule has 29 heavy (non-hydrogen) atoms. The summed E-state index contributed by atoms with van der Waals surface area (Å²) in [6.45, 7) is 5.25. The third-order valence-electron chi connectivity index (χ3n) is 5.27. The molecule has 0 bridgehead atoms. The van der Waals surface area contributed by atoms with Gasteiger partial charge in [-0.15, -0.1) is 0 Å². The van der Waals surface area contributed by atoms with E-state index in [0.717, 1.165) is 11.1 Å². The monoisotopic (exact) mass is 406 g/mol. The summed E-state index contributed by atoms with van der Waals surface area (Å²) in [4.78, 5) is 32.7. The van der Waals surface area contributed by atoms with Crippen LogP contribution in [0.1, 0.15) is 18.1 Å². The number of nitrogens with zero attached hydrogens (tertiary/aromatic N) is 2. The van der Waals surface area contributed by atoms with E-state index in [1.54, 1.807) is 4.90 Å². The molecule has 0 saturated carbocycles. The fourth-order valence-corrected chi connectivity index (χ4v) is 3.55. The Bertz CT molecular complexity index is 1020. The normalized spacial score (nSPS) is 16.2. The molecule has 2 aromatic rings. The van der Waals surface area contributed by atoms with Gasteiger partial charge in [0, 0.05) is 6.54 Å². The van der Waals surface area contributed by atoms with Gasteiger partial charge in [-0.3, -0.25) is 14.8 Å². The highest BCUT2D eigenvalue weighted by molar-refractivity contribution is 5.91. The quantitative estimate of drug-likeness (QED) is 0.371. The molecule has 6 N–H and O–H groups in total. The number of aryl methyl sites for hydroxylation is 2. The lowest BCUT2D eigenvalue weighted by molar-refractivity contribution is -0.0726. The maximum atomic E-state index is 12.6. The zero-order valence-electron chi connectivity index (χ0n) is 16.5. The van der Waals surface area contributed by atoms with Gasteiger partial charge in [-0.1, -0.05) is 0 Å². The van der Waals surface area contributed by atoms with Crippen molar-refractivity contribution in [3.8, 4) is 0 Å². The molecule has 1 aliphatic heterocycles. The molecule has 10 heteroatoms. The molecule has 3 atom stereocenters. The van der Waals surface area contributed by atoms with Crippen LogP contribution < -0.4 is 21.0 Å².